The molecule has 0 amide bonds. The summed E-state index contributed by atoms with van der Waals surface area (Å²) in [5, 5.41) is 0. The van der Waals surface area contributed by atoms with Crippen LogP contribution in [0, 0.1) is 5.82 Å². The lowest BCUT2D eigenvalue weighted by Crippen LogP contribution is -2.17. The molecule has 0 radical (unpaired) electrons. The van der Waals surface area contributed by atoms with Gasteiger partial charge in [0.05, 0.1) is 5.56 Å². The van der Waals surface area contributed by atoms with Gasteiger partial charge in [0.2, 0.25) is 0 Å². The zero-order valence-electron chi connectivity index (χ0n) is 7.29. The summed E-state index contributed by atoms with van der Waals surface area (Å²) < 4.78 is 77.0. The first-order chi connectivity index (χ1) is 7.09. The average molecular weight is 265 g/mol. The number of halogens is 7. The summed E-state index contributed by atoms with van der Waals surface area (Å²) in [5.41, 5.74) is -5.59. The standard InChI is InChI=1S/C8H3ClF6O/c9-8(14,15)16-6-3-4(7(11,12)13)1-2-5(6)10/h1-3H. The van der Waals surface area contributed by atoms with Crippen LogP contribution in [0.15, 0.2) is 18.2 Å². The minimum Gasteiger partial charge on any atom is -0.417 e. The molecule has 0 bridgehead atoms. The number of alkyl halides is 6. The van der Waals surface area contributed by atoms with Crippen molar-refractivity contribution in [1.29, 1.82) is 0 Å². The van der Waals surface area contributed by atoms with Crippen molar-refractivity contribution in [2.45, 2.75) is 11.7 Å². The molecular weight excluding hydrogens is 262 g/mol. The molecule has 0 atom stereocenters. The van der Waals surface area contributed by atoms with Gasteiger partial charge in [0, 0.05) is 11.6 Å². The second-order valence-electron chi connectivity index (χ2n) is 2.69. The third-order valence-electron chi connectivity index (χ3n) is 1.48. The minimum absolute atomic E-state index is 0.103. The Hall–Kier alpha value is -1.11. The molecule has 0 saturated carbocycles. The van der Waals surface area contributed by atoms with Crippen LogP contribution >= 0.6 is 11.6 Å². The summed E-state index contributed by atoms with van der Waals surface area (Å²) in [6.07, 6.45) is -4.78. The second-order valence-corrected chi connectivity index (χ2v) is 3.13. The predicted molar refractivity (Wildman–Crippen MR) is 42.8 cm³/mol. The zero-order chi connectivity index (χ0) is 12.6. The molecule has 0 aliphatic heterocycles. The molecule has 0 aromatic heterocycles. The van der Waals surface area contributed by atoms with Crippen molar-refractivity contribution in [3.8, 4) is 5.75 Å². The van der Waals surface area contributed by atoms with Gasteiger partial charge in [-0.15, -0.1) is 8.78 Å². The zero-order valence-corrected chi connectivity index (χ0v) is 8.04. The summed E-state index contributed by atoms with van der Waals surface area (Å²) in [6.45, 7) is 0. The first-order valence-electron chi connectivity index (χ1n) is 3.72. The lowest BCUT2D eigenvalue weighted by molar-refractivity contribution is -0.138. The number of ether oxygens (including phenoxy) is 1. The van der Waals surface area contributed by atoms with Crippen LogP contribution in [0.2, 0.25) is 0 Å². The maximum Gasteiger partial charge on any atom is 0.487 e. The summed E-state index contributed by atoms with van der Waals surface area (Å²) in [5.74, 6) is -2.64. The van der Waals surface area contributed by atoms with Gasteiger partial charge in [-0.25, -0.2) is 4.39 Å². The highest BCUT2D eigenvalue weighted by molar-refractivity contribution is 6.20. The molecule has 0 saturated heterocycles. The average Bonchev–Trinajstić information content (AvgIpc) is 2.04. The van der Waals surface area contributed by atoms with Crippen molar-refractivity contribution in [2.24, 2.45) is 0 Å². The van der Waals surface area contributed by atoms with Crippen LogP contribution in [0.25, 0.3) is 0 Å². The van der Waals surface area contributed by atoms with E-state index in [1.54, 1.807) is 0 Å². The van der Waals surface area contributed by atoms with Crippen molar-refractivity contribution in [3.05, 3.63) is 29.6 Å². The van der Waals surface area contributed by atoms with E-state index in [9.17, 15) is 26.3 Å². The fourth-order valence-corrected chi connectivity index (χ4v) is 0.966. The molecule has 1 nitrogen and oxygen atoms in total. The predicted octanol–water partition coefficient (Wildman–Crippen LogP) is 4.01. The van der Waals surface area contributed by atoms with E-state index in [-0.39, 0.29) is 6.07 Å². The second kappa shape index (κ2) is 4.04. The number of hydrogen-bond acceptors (Lipinski definition) is 1. The first-order valence-corrected chi connectivity index (χ1v) is 4.10. The van der Waals surface area contributed by atoms with Gasteiger partial charge in [-0.2, -0.15) is 13.2 Å². The molecule has 16 heavy (non-hydrogen) atoms. The third-order valence-corrected chi connectivity index (χ3v) is 1.56. The Morgan fingerprint density at radius 2 is 1.62 bits per heavy atom. The van der Waals surface area contributed by atoms with E-state index in [0.717, 1.165) is 0 Å². The maximum absolute atomic E-state index is 12.8. The van der Waals surface area contributed by atoms with Gasteiger partial charge in [-0.3, -0.25) is 0 Å². The quantitative estimate of drug-likeness (QED) is 0.579. The van der Waals surface area contributed by atoms with Crippen molar-refractivity contribution < 1.29 is 31.1 Å². The minimum atomic E-state index is -4.78. The van der Waals surface area contributed by atoms with Crippen LogP contribution in [0.3, 0.4) is 0 Å². The number of rotatable bonds is 2. The summed E-state index contributed by atoms with van der Waals surface area (Å²) in [6, 6.07) is 0.862. The van der Waals surface area contributed by atoms with Crippen molar-refractivity contribution >= 4 is 11.6 Å². The molecule has 0 fully saturated rings. The van der Waals surface area contributed by atoms with Crippen molar-refractivity contribution in [2.75, 3.05) is 0 Å². The van der Waals surface area contributed by atoms with Gasteiger partial charge >= 0.3 is 11.7 Å². The summed E-state index contributed by atoms with van der Waals surface area (Å²) >= 11 is 4.30. The molecule has 90 valence electrons. The monoisotopic (exact) mass is 264 g/mol. The largest absolute Gasteiger partial charge is 0.487 e. The first kappa shape index (κ1) is 13.0. The SMILES string of the molecule is Fc1ccc(C(F)(F)F)cc1OC(F)(F)Cl. The molecular formula is C8H3ClF6O. The molecule has 0 spiro atoms. The van der Waals surface area contributed by atoms with Crippen LogP contribution in [-0.2, 0) is 6.18 Å². The van der Waals surface area contributed by atoms with Gasteiger partial charge in [-0.05, 0) is 18.2 Å². The van der Waals surface area contributed by atoms with Gasteiger partial charge in [0.1, 0.15) is 0 Å². The van der Waals surface area contributed by atoms with Crippen LogP contribution in [0.4, 0.5) is 26.3 Å². The van der Waals surface area contributed by atoms with Crippen LogP contribution in [0.1, 0.15) is 5.56 Å². The van der Waals surface area contributed by atoms with Gasteiger partial charge in [0.25, 0.3) is 0 Å². The topological polar surface area (TPSA) is 9.23 Å². The molecule has 0 aliphatic carbocycles. The van der Waals surface area contributed by atoms with Crippen LogP contribution in [0.5, 0.6) is 5.75 Å². The highest BCUT2D eigenvalue weighted by Crippen LogP contribution is 2.34. The normalized spacial score (nSPS) is 12.7. The lowest BCUT2D eigenvalue weighted by Gasteiger charge is -2.13. The van der Waals surface area contributed by atoms with E-state index in [1.807, 2.05) is 0 Å². The van der Waals surface area contributed by atoms with E-state index >= 15 is 0 Å². The molecule has 8 heteroatoms. The van der Waals surface area contributed by atoms with Gasteiger partial charge in [-0.1, -0.05) is 0 Å². The Labute approximate surface area is 90.6 Å². The molecule has 1 aromatic carbocycles. The smallest absolute Gasteiger partial charge is 0.417 e. The number of benzene rings is 1. The lowest BCUT2D eigenvalue weighted by atomic mass is 10.2. The van der Waals surface area contributed by atoms with Crippen molar-refractivity contribution in [3.63, 3.8) is 0 Å². The van der Waals surface area contributed by atoms with Gasteiger partial charge in [0.15, 0.2) is 11.6 Å². The van der Waals surface area contributed by atoms with E-state index in [2.05, 4.69) is 16.3 Å². The summed E-state index contributed by atoms with van der Waals surface area (Å²) in [7, 11) is 0. The Kier molecular flexibility index (Phi) is 3.27. The van der Waals surface area contributed by atoms with E-state index < -0.39 is 28.9 Å². The van der Waals surface area contributed by atoms with Crippen molar-refractivity contribution in [1.82, 2.24) is 0 Å². The Balaban J connectivity index is 3.10. The molecule has 1 rings (SSSR count). The summed E-state index contributed by atoms with van der Waals surface area (Å²) in [4.78, 5) is 0. The van der Waals surface area contributed by atoms with Gasteiger partial charge < -0.3 is 4.74 Å². The molecule has 0 heterocycles. The maximum atomic E-state index is 12.8. The Bertz CT molecular complexity index is 383. The fraction of sp³-hybridized carbons (Fsp3) is 0.250. The Morgan fingerprint density at radius 3 is 2.06 bits per heavy atom. The molecule has 0 N–H and O–H groups in total. The van der Waals surface area contributed by atoms with E-state index in [1.165, 1.54) is 0 Å². The molecule has 0 unspecified atom stereocenters. The van der Waals surface area contributed by atoms with Crippen LogP contribution in [-0.4, -0.2) is 5.57 Å². The third kappa shape index (κ3) is 3.48. The van der Waals surface area contributed by atoms with Crippen LogP contribution < -0.4 is 4.74 Å². The Morgan fingerprint density at radius 1 is 1.06 bits per heavy atom. The highest BCUT2D eigenvalue weighted by Gasteiger charge is 2.34. The van der Waals surface area contributed by atoms with E-state index in [0.29, 0.717) is 12.1 Å². The molecule has 0 aliphatic rings. The highest BCUT2D eigenvalue weighted by atomic mass is 35.5. The number of hydrogen-bond donors (Lipinski definition) is 0. The van der Waals surface area contributed by atoms with E-state index in [4.69, 9.17) is 0 Å². The molecule has 1 aromatic rings. The fourth-order valence-electron chi connectivity index (χ4n) is 0.883.